The van der Waals surface area contributed by atoms with Crippen LogP contribution in [-0.2, 0) is 11.2 Å². The molecule has 0 amide bonds. The monoisotopic (exact) mass is 503 g/mol. The summed E-state index contributed by atoms with van der Waals surface area (Å²) in [5.41, 5.74) is 1.31. The van der Waals surface area contributed by atoms with Crippen LogP contribution in [-0.4, -0.2) is 57.9 Å². The molecule has 0 unspecified atom stereocenters. The lowest BCUT2D eigenvalue weighted by Crippen LogP contribution is -2.40. The number of ether oxygens (including phenoxy) is 2. The summed E-state index contributed by atoms with van der Waals surface area (Å²) < 4.78 is 11.2. The summed E-state index contributed by atoms with van der Waals surface area (Å²) >= 11 is 0. The van der Waals surface area contributed by atoms with Gasteiger partial charge in [0.05, 0.1) is 6.61 Å². The van der Waals surface area contributed by atoms with Gasteiger partial charge in [-0.2, -0.15) is 0 Å². The van der Waals surface area contributed by atoms with Gasteiger partial charge in [0.1, 0.15) is 5.75 Å². The molecule has 1 aromatic rings. The fraction of sp³-hybridized carbons (Fsp3) is 0.682. The zero-order valence-corrected chi connectivity index (χ0v) is 20.3. The molecule has 6 heteroatoms. The van der Waals surface area contributed by atoms with Crippen molar-refractivity contribution in [2.75, 3.05) is 47.0 Å². The van der Waals surface area contributed by atoms with Gasteiger partial charge in [-0.25, -0.2) is 0 Å². The lowest BCUT2D eigenvalue weighted by molar-refractivity contribution is 0.0625. The third-order valence-corrected chi connectivity index (χ3v) is 4.99. The van der Waals surface area contributed by atoms with E-state index in [-0.39, 0.29) is 24.0 Å². The van der Waals surface area contributed by atoms with Crippen LogP contribution >= 0.6 is 24.0 Å². The molecular formula is C22H38IN3O2. The molecule has 0 aromatic heterocycles. The number of nitrogens with zero attached hydrogens (tertiary/aromatic N) is 2. The van der Waals surface area contributed by atoms with Crippen LogP contribution in [0.3, 0.4) is 0 Å². The molecule has 160 valence electrons. The normalized spacial score (nSPS) is 15.2. The number of nitrogens with one attached hydrogen (secondary N) is 1. The van der Waals surface area contributed by atoms with E-state index in [0.29, 0.717) is 5.92 Å². The molecule has 0 atom stereocenters. The highest BCUT2D eigenvalue weighted by Crippen LogP contribution is 2.18. The lowest BCUT2D eigenvalue weighted by Gasteiger charge is -2.26. The van der Waals surface area contributed by atoms with E-state index < -0.39 is 0 Å². The SMILES string of the molecule is CN=C(NCCc1ccc(OCC(C)C)cc1)N(C)CCC1CCOCC1.I. The van der Waals surface area contributed by atoms with Crippen molar-refractivity contribution in [1.82, 2.24) is 10.2 Å². The van der Waals surface area contributed by atoms with E-state index in [1.165, 1.54) is 24.8 Å². The van der Waals surface area contributed by atoms with Gasteiger partial charge in [0, 0.05) is 40.4 Å². The summed E-state index contributed by atoms with van der Waals surface area (Å²) in [5, 5.41) is 3.48. The van der Waals surface area contributed by atoms with Crippen molar-refractivity contribution >= 4 is 29.9 Å². The van der Waals surface area contributed by atoms with Crippen LogP contribution in [0.4, 0.5) is 0 Å². The Bertz CT molecular complexity index is 557. The summed E-state index contributed by atoms with van der Waals surface area (Å²) in [7, 11) is 3.98. The Labute approximate surface area is 188 Å². The minimum atomic E-state index is 0. The van der Waals surface area contributed by atoms with Gasteiger partial charge >= 0.3 is 0 Å². The van der Waals surface area contributed by atoms with Crippen molar-refractivity contribution < 1.29 is 9.47 Å². The van der Waals surface area contributed by atoms with Gasteiger partial charge in [0.15, 0.2) is 5.96 Å². The average molecular weight is 503 g/mol. The molecule has 1 N–H and O–H groups in total. The third-order valence-electron chi connectivity index (χ3n) is 4.99. The molecule has 1 saturated heterocycles. The number of hydrogen-bond donors (Lipinski definition) is 1. The maximum absolute atomic E-state index is 5.74. The van der Waals surface area contributed by atoms with Crippen molar-refractivity contribution in [3.05, 3.63) is 29.8 Å². The predicted octanol–water partition coefficient (Wildman–Crippen LogP) is 4.21. The molecular weight excluding hydrogens is 465 g/mol. The van der Waals surface area contributed by atoms with Crippen LogP contribution in [0, 0.1) is 11.8 Å². The van der Waals surface area contributed by atoms with E-state index >= 15 is 0 Å². The van der Waals surface area contributed by atoms with Crippen LogP contribution in [0.5, 0.6) is 5.75 Å². The van der Waals surface area contributed by atoms with Crippen LogP contribution in [0.1, 0.15) is 38.7 Å². The molecule has 0 aliphatic carbocycles. The van der Waals surface area contributed by atoms with E-state index in [4.69, 9.17) is 9.47 Å². The molecule has 1 aliphatic heterocycles. The van der Waals surface area contributed by atoms with Crippen molar-refractivity contribution in [3.63, 3.8) is 0 Å². The van der Waals surface area contributed by atoms with Gasteiger partial charge in [-0.3, -0.25) is 4.99 Å². The van der Waals surface area contributed by atoms with Gasteiger partial charge in [0.25, 0.3) is 0 Å². The molecule has 5 nitrogen and oxygen atoms in total. The average Bonchev–Trinajstić information content (AvgIpc) is 2.69. The van der Waals surface area contributed by atoms with Crippen LogP contribution in [0.15, 0.2) is 29.3 Å². The first-order chi connectivity index (χ1) is 13.1. The molecule has 1 fully saturated rings. The second-order valence-corrected chi connectivity index (χ2v) is 7.84. The molecule has 2 rings (SSSR count). The maximum atomic E-state index is 5.74. The summed E-state index contributed by atoms with van der Waals surface area (Å²) in [4.78, 5) is 6.66. The second kappa shape index (κ2) is 14.0. The summed E-state index contributed by atoms with van der Waals surface area (Å²) in [5.74, 6) is 3.25. The Morgan fingerprint density at radius 2 is 1.93 bits per heavy atom. The quantitative estimate of drug-likeness (QED) is 0.312. The van der Waals surface area contributed by atoms with E-state index in [1.54, 1.807) is 0 Å². The fourth-order valence-corrected chi connectivity index (χ4v) is 3.24. The first-order valence-corrected chi connectivity index (χ1v) is 10.3. The van der Waals surface area contributed by atoms with Crippen LogP contribution < -0.4 is 10.1 Å². The Morgan fingerprint density at radius 1 is 1.25 bits per heavy atom. The molecule has 0 saturated carbocycles. The number of aliphatic imine (C=N–C) groups is 1. The Balaban J connectivity index is 0.00000392. The van der Waals surface area contributed by atoms with Gasteiger partial charge in [0.2, 0.25) is 0 Å². The minimum Gasteiger partial charge on any atom is -0.493 e. The number of rotatable bonds is 9. The summed E-state index contributed by atoms with van der Waals surface area (Å²) in [6, 6.07) is 8.42. The smallest absolute Gasteiger partial charge is 0.193 e. The van der Waals surface area contributed by atoms with Gasteiger partial charge in [-0.05, 0) is 55.2 Å². The Morgan fingerprint density at radius 3 is 2.54 bits per heavy atom. The third kappa shape index (κ3) is 9.45. The fourth-order valence-electron chi connectivity index (χ4n) is 3.24. The Kier molecular flexibility index (Phi) is 12.5. The van der Waals surface area contributed by atoms with Gasteiger partial charge < -0.3 is 19.7 Å². The molecule has 1 aliphatic rings. The first kappa shape index (κ1) is 25.0. The zero-order chi connectivity index (χ0) is 19.5. The van der Waals surface area contributed by atoms with E-state index in [2.05, 4.69) is 60.4 Å². The molecule has 0 spiro atoms. The topological polar surface area (TPSA) is 46.1 Å². The number of guanidine groups is 1. The number of benzene rings is 1. The largest absolute Gasteiger partial charge is 0.493 e. The standard InChI is InChI=1S/C22H37N3O2.HI/c1-18(2)17-27-21-7-5-19(6-8-21)9-13-24-22(23-3)25(4)14-10-20-11-15-26-16-12-20;/h5-8,18,20H,9-17H2,1-4H3,(H,23,24);1H. The molecule has 28 heavy (non-hydrogen) atoms. The second-order valence-electron chi connectivity index (χ2n) is 7.84. The summed E-state index contributed by atoms with van der Waals surface area (Å²) in [6.45, 7) is 8.83. The molecule has 1 heterocycles. The first-order valence-electron chi connectivity index (χ1n) is 10.3. The molecule has 0 radical (unpaired) electrons. The molecule has 1 aromatic carbocycles. The van der Waals surface area contributed by atoms with Crippen LogP contribution in [0.2, 0.25) is 0 Å². The number of halogens is 1. The maximum Gasteiger partial charge on any atom is 0.193 e. The van der Waals surface area contributed by atoms with Gasteiger partial charge in [-0.15, -0.1) is 24.0 Å². The number of hydrogen-bond acceptors (Lipinski definition) is 3. The minimum absolute atomic E-state index is 0. The Hall–Kier alpha value is -1.02. The van der Waals surface area contributed by atoms with Gasteiger partial charge in [-0.1, -0.05) is 26.0 Å². The highest BCUT2D eigenvalue weighted by Gasteiger charge is 2.15. The highest BCUT2D eigenvalue weighted by molar-refractivity contribution is 14.0. The van der Waals surface area contributed by atoms with Crippen LogP contribution in [0.25, 0.3) is 0 Å². The predicted molar refractivity (Wildman–Crippen MR) is 128 cm³/mol. The van der Waals surface area contributed by atoms with E-state index in [0.717, 1.165) is 57.0 Å². The van der Waals surface area contributed by atoms with Crippen molar-refractivity contribution in [3.8, 4) is 5.75 Å². The van der Waals surface area contributed by atoms with Crippen molar-refractivity contribution in [2.24, 2.45) is 16.8 Å². The summed E-state index contributed by atoms with van der Waals surface area (Å²) in [6.07, 6.45) is 4.56. The highest BCUT2D eigenvalue weighted by atomic mass is 127. The van der Waals surface area contributed by atoms with Crippen molar-refractivity contribution in [2.45, 2.75) is 39.5 Å². The van der Waals surface area contributed by atoms with Crippen molar-refractivity contribution in [1.29, 1.82) is 0 Å². The van der Waals surface area contributed by atoms with E-state index in [9.17, 15) is 0 Å². The lowest BCUT2D eigenvalue weighted by atomic mass is 9.96. The molecule has 0 bridgehead atoms. The zero-order valence-electron chi connectivity index (χ0n) is 17.9. The van der Waals surface area contributed by atoms with E-state index in [1.807, 2.05) is 7.05 Å².